The van der Waals surface area contributed by atoms with E-state index in [4.69, 9.17) is 28.9 Å². The standard InChI is InChI=1S/C10H12Cl2N2O/c1-14(2)9(10(13)15)7-4-3-6(11)5-8(7)12/h3-5,9H,1-2H3,(H2,13,15). The van der Waals surface area contributed by atoms with Gasteiger partial charge in [0.2, 0.25) is 5.91 Å². The zero-order chi connectivity index (χ0) is 11.6. The number of benzene rings is 1. The lowest BCUT2D eigenvalue weighted by molar-refractivity contribution is -0.122. The molecule has 0 spiro atoms. The van der Waals surface area contributed by atoms with E-state index in [1.165, 1.54) is 0 Å². The third kappa shape index (κ3) is 2.84. The summed E-state index contributed by atoms with van der Waals surface area (Å²) in [6, 6.07) is 4.45. The average molecular weight is 247 g/mol. The van der Waals surface area contributed by atoms with E-state index < -0.39 is 11.9 Å². The molecule has 1 rings (SSSR count). The molecule has 82 valence electrons. The third-order valence-corrected chi connectivity index (χ3v) is 2.61. The van der Waals surface area contributed by atoms with Crippen LogP contribution < -0.4 is 5.73 Å². The molecule has 5 heteroatoms. The van der Waals surface area contributed by atoms with Crippen LogP contribution in [-0.4, -0.2) is 24.9 Å². The Morgan fingerprint density at radius 3 is 2.40 bits per heavy atom. The van der Waals surface area contributed by atoms with Gasteiger partial charge in [-0.1, -0.05) is 29.3 Å². The number of amides is 1. The molecule has 0 bridgehead atoms. The summed E-state index contributed by atoms with van der Waals surface area (Å²) in [5, 5.41) is 0.978. The van der Waals surface area contributed by atoms with E-state index in [1.807, 2.05) is 0 Å². The molecule has 1 aromatic rings. The Kier molecular flexibility index (Phi) is 3.97. The van der Waals surface area contributed by atoms with E-state index in [-0.39, 0.29) is 0 Å². The van der Waals surface area contributed by atoms with E-state index in [2.05, 4.69) is 0 Å². The Hall–Kier alpha value is -0.770. The highest BCUT2D eigenvalue weighted by Crippen LogP contribution is 2.28. The molecule has 0 saturated carbocycles. The Morgan fingerprint density at radius 2 is 2.00 bits per heavy atom. The quantitative estimate of drug-likeness (QED) is 0.888. The number of halogens is 2. The van der Waals surface area contributed by atoms with Crippen molar-refractivity contribution in [3.8, 4) is 0 Å². The van der Waals surface area contributed by atoms with Crippen molar-refractivity contribution >= 4 is 29.1 Å². The number of hydrogen-bond acceptors (Lipinski definition) is 2. The molecule has 0 radical (unpaired) electrons. The molecular formula is C10H12Cl2N2O. The highest BCUT2D eigenvalue weighted by molar-refractivity contribution is 6.35. The van der Waals surface area contributed by atoms with Crippen molar-refractivity contribution in [1.29, 1.82) is 0 Å². The number of nitrogens with zero attached hydrogens (tertiary/aromatic N) is 1. The van der Waals surface area contributed by atoms with Gasteiger partial charge in [0.05, 0.1) is 0 Å². The zero-order valence-electron chi connectivity index (χ0n) is 8.50. The Morgan fingerprint density at radius 1 is 1.40 bits per heavy atom. The Balaban J connectivity index is 3.17. The first-order valence-corrected chi connectivity index (χ1v) is 5.09. The summed E-state index contributed by atoms with van der Waals surface area (Å²) in [6.45, 7) is 0. The number of hydrogen-bond donors (Lipinski definition) is 1. The van der Waals surface area contributed by atoms with Gasteiger partial charge in [-0.25, -0.2) is 0 Å². The van der Waals surface area contributed by atoms with Crippen LogP contribution in [0.15, 0.2) is 18.2 Å². The molecular weight excluding hydrogens is 235 g/mol. The molecule has 0 aliphatic carbocycles. The lowest BCUT2D eigenvalue weighted by Crippen LogP contribution is -2.32. The van der Waals surface area contributed by atoms with Crippen molar-refractivity contribution in [1.82, 2.24) is 4.90 Å². The van der Waals surface area contributed by atoms with E-state index >= 15 is 0 Å². The molecule has 0 fully saturated rings. The first-order valence-electron chi connectivity index (χ1n) is 4.34. The molecule has 3 nitrogen and oxygen atoms in total. The maximum atomic E-state index is 11.3. The third-order valence-electron chi connectivity index (χ3n) is 2.04. The second-order valence-corrected chi connectivity index (χ2v) is 4.28. The van der Waals surface area contributed by atoms with Gasteiger partial charge in [0.25, 0.3) is 0 Å². The zero-order valence-corrected chi connectivity index (χ0v) is 10.0. The molecule has 0 aliphatic heterocycles. The molecule has 15 heavy (non-hydrogen) atoms. The molecule has 1 aromatic carbocycles. The Bertz CT molecular complexity index is 380. The predicted octanol–water partition coefficient (Wildman–Crippen LogP) is 2.08. The normalized spacial score (nSPS) is 12.9. The second kappa shape index (κ2) is 4.84. The van der Waals surface area contributed by atoms with Gasteiger partial charge in [-0.2, -0.15) is 0 Å². The van der Waals surface area contributed by atoms with Crippen LogP contribution in [-0.2, 0) is 4.79 Å². The molecule has 0 aliphatic rings. The van der Waals surface area contributed by atoms with E-state index in [1.54, 1.807) is 37.2 Å². The fraction of sp³-hybridized carbons (Fsp3) is 0.300. The fourth-order valence-corrected chi connectivity index (χ4v) is 1.92. The minimum absolute atomic E-state index is 0.441. The number of carbonyl (C=O) groups is 1. The van der Waals surface area contributed by atoms with Gasteiger partial charge in [-0.15, -0.1) is 0 Å². The van der Waals surface area contributed by atoms with E-state index in [0.29, 0.717) is 15.6 Å². The van der Waals surface area contributed by atoms with Crippen LogP contribution in [0, 0.1) is 0 Å². The van der Waals surface area contributed by atoms with Crippen LogP contribution in [0.5, 0.6) is 0 Å². The first-order chi connectivity index (χ1) is 6.93. The highest BCUT2D eigenvalue weighted by atomic mass is 35.5. The van der Waals surface area contributed by atoms with Gasteiger partial charge in [0.15, 0.2) is 0 Å². The largest absolute Gasteiger partial charge is 0.368 e. The minimum Gasteiger partial charge on any atom is -0.368 e. The molecule has 2 N–H and O–H groups in total. The van der Waals surface area contributed by atoms with Crippen LogP contribution in [0.3, 0.4) is 0 Å². The molecule has 1 unspecified atom stereocenters. The number of likely N-dealkylation sites (N-methyl/N-ethyl adjacent to an activating group) is 1. The number of rotatable bonds is 3. The maximum absolute atomic E-state index is 11.3. The number of nitrogens with two attached hydrogens (primary N) is 1. The smallest absolute Gasteiger partial charge is 0.239 e. The van der Waals surface area contributed by atoms with E-state index in [0.717, 1.165) is 0 Å². The molecule has 0 heterocycles. The summed E-state index contributed by atoms with van der Waals surface area (Å²) in [5.41, 5.74) is 5.97. The van der Waals surface area contributed by atoms with Crippen molar-refractivity contribution in [2.75, 3.05) is 14.1 Å². The van der Waals surface area contributed by atoms with Crippen molar-refractivity contribution in [3.05, 3.63) is 33.8 Å². The van der Waals surface area contributed by atoms with Crippen molar-refractivity contribution < 1.29 is 4.79 Å². The lowest BCUT2D eigenvalue weighted by Gasteiger charge is -2.22. The highest BCUT2D eigenvalue weighted by Gasteiger charge is 2.22. The number of primary amides is 1. The van der Waals surface area contributed by atoms with Crippen LogP contribution >= 0.6 is 23.2 Å². The van der Waals surface area contributed by atoms with Crippen LogP contribution in [0.1, 0.15) is 11.6 Å². The summed E-state index contributed by atoms with van der Waals surface area (Å²) in [4.78, 5) is 13.0. The second-order valence-electron chi connectivity index (χ2n) is 3.43. The van der Waals surface area contributed by atoms with Crippen molar-refractivity contribution in [2.24, 2.45) is 5.73 Å². The summed E-state index contributed by atoms with van der Waals surface area (Å²) in [7, 11) is 3.53. The van der Waals surface area contributed by atoms with Crippen molar-refractivity contribution in [2.45, 2.75) is 6.04 Å². The van der Waals surface area contributed by atoms with Gasteiger partial charge in [0, 0.05) is 10.0 Å². The van der Waals surface area contributed by atoms with Crippen LogP contribution in [0.2, 0.25) is 10.0 Å². The summed E-state index contributed by atoms with van der Waals surface area (Å²) in [5.74, 6) is -0.441. The Labute approximate surface area is 98.8 Å². The van der Waals surface area contributed by atoms with Crippen LogP contribution in [0.4, 0.5) is 0 Å². The lowest BCUT2D eigenvalue weighted by atomic mass is 10.1. The molecule has 0 aromatic heterocycles. The maximum Gasteiger partial charge on any atom is 0.239 e. The van der Waals surface area contributed by atoms with E-state index in [9.17, 15) is 4.79 Å². The first kappa shape index (κ1) is 12.3. The molecule has 1 atom stereocenters. The van der Waals surface area contributed by atoms with Gasteiger partial charge in [0.1, 0.15) is 6.04 Å². The van der Waals surface area contributed by atoms with Gasteiger partial charge >= 0.3 is 0 Å². The fourth-order valence-electron chi connectivity index (χ4n) is 1.41. The van der Waals surface area contributed by atoms with Gasteiger partial charge < -0.3 is 5.73 Å². The summed E-state index contributed by atoms with van der Waals surface area (Å²) in [6.07, 6.45) is 0. The monoisotopic (exact) mass is 246 g/mol. The summed E-state index contributed by atoms with van der Waals surface area (Å²) >= 11 is 11.8. The summed E-state index contributed by atoms with van der Waals surface area (Å²) < 4.78 is 0. The van der Waals surface area contributed by atoms with Gasteiger partial charge in [-0.05, 0) is 31.8 Å². The predicted molar refractivity (Wildman–Crippen MR) is 62.1 cm³/mol. The number of carbonyl (C=O) groups excluding carboxylic acids is 1. The average Bonchev–Trinajstić information content (AvgIpc) is 2.08. The van der Waals surface area contributed by atoms with Crippen LogP contribution in [0.25, 0.3) is 0 Å². The SMILES string of the molecule is CN(C)C(C(N)=O)c1ccc(Cl)cc1Cl. The van der Waals surface area contributed by atoms with Gasteiger partial charge in [-0.3, -0.25) is 9.69 Å². The molecule has 1 amide bonds. The topological polar surface area (TPSA) is 46.3 Å². The van der Waals surface area contributed by atoms with Crippen molar-refractivity contribution in [3.63, 3.8) is 0 Å². The molecule has 0 saturated heterocycles. The minimum atomic E-state index is -0.533.